The Morgan fingerprint density at radius 2 is 1.50 bits per heavy atom. The van der Waals surface area contributed by atoms with Gasteiger partial charge in [0.2, 0.25) is 0 Å². The fourth-order valence-electron chi connectivity index (χ4n) is 1.27. The molecule has 0 aromatic rings. The van der Waals surface area contributed by atoms with E-state index in [2.05, 4.69) is 11.7 Å². The summed E-state index contributed by atoms with van der Waals surface area (Å²) in [7, 11) is 0. The summed E-state index contributed by atoms with van der Waals surface area (Å²) in [5.41, 5.74) is 0. The summed E-state index contributed by atoms with van der Waals surface area (Å²) >= 11 is 0. The number of rotatable bonds is 8. The molecule has 3 heteroatoms. The smallest absolute Gasteiger partial charge is 0.302 e. The molecule has 1 N–H and O–H groups in total. The average Bonchev–Trinajstić information content (AvgIpc) is 2.24. The minimum Gasteiger partial charge on any atom is -0.466 e. The maximum Gasteiger partial charge on any atom is 0.302 e. The zero-order valence-corrected chi connectivity index (χ0v) is 11.1. The van der Waals surface area contributed by atoms with Crippen molar-refractivity contribution in [1.29, 1.82) is 0 Å². The molecule has 0 unspecified atom stereocenters. The minimum atomic E-state index is -0.211. The van der Waals surface area contributed by atoms with Crippen LogP contribution in [0.1, 0.15) is 65.7 Å². The molecule has 0 aliphatic heterocycles. The van der Waals surface area contributed by atoms with Crippen molar-refractivity contribution in [3.63, 3.8) is 0 Å². The summed E-state index contributed by atoms with van der Waals surface area (Å²) in [5.74, 6) is -0.211. The predicted octanol–water partition coefficient (Wildman–Crippen LogP) is 3.30. The lowest BCUT2D eigenvalue weighted by Crippen LogP contribution is -1.95. The third-order valence-corrected chi connectivity index (χ3v) is 2.11. The summed E-state index contributed by atoms with van der Waals surface area (Å²) in [4.78, 5) is 9.82. The molecule has 0 spiro atoms. The maximum atomic E-state index is 9.82. The Balaban J connectivity index is 0. The summed E-state index contributed by atoms with van der Waals surface area (Å²) in [6, 6.07) is 0. The molecule has 16 heavy (non-hydrogen) atoms. The van der Waals surface area contributed by atoms with E-state index in [1.54, 1.807) is 6.92 Å². The van der Waals surface area contributed by atoms with Gasteiger partial charge < -0.3 is 9.84 Å². The number of ether oxygens (including phenoxy) is 1. The first-order chi connectivity index (χ1) is 7.68. The highest BCUT2D eigenvalue weighted by Gasteiger charge is 1.88. The first-order valence-electron chi connectivity index (χ1n) is 6.43. The number of unbranched alkanes of at least 4 members (excludes halogenated alkanes) is 6. The van der Waals surface area contributed by atoms with Crippen molar-refractivity contribution in [3.05, 3.63) is 0 Å². The Hall–Kier alpha value is -0.570. The van der Waals surface area contributed by atoms with E-state index in [1.165, 1.54) is 45.4 Å². The van der Waals surface area contributed by atoms with E-state index in [0.29, 0.717) is 13.2 Å². The third-order valence-electron chi connectivity index (χ3n) is 2.11. The summed E-state index contributed by atoms with van der Waals surface area (Å²) in [6.45, 7) is 6.25. The summed E-state index contributed by atoms with van der Waals surface area (Å²) < 4.78 is 4.40. The Bertz CT molecular complexity index is 127. The number of aliphatic hydroxyl groups is 1. The van der Waals surface area contributed by atoms with Gasteiger partial charge in [0, 0.05) is 13.5 Å². The van der Waals surface area contributed by atoms with Gasteiger partial charge in [0.25, 0.3) is 0 Å². The molecular weight excluding hydrogens is 204 g/mol. The van der Waals surface area contributed by atoms with E-state index in [1.807, 2.05) is 0 Å². The van der Waals surface area contributed by atoms with Crippen LogP contribution in [0.3, 0.4) is 0 Å². The van der Waals surface area contributed by atoms with Crippen molar-refractivity contribution >= 4 is 5.97 Å². The molecule has 0 amide bonds. The molecule has 0 rings (SSSR count). The van der Waals surface area contributed by atoms with Crippen molar-refractivity contribution in [2.75, 3.05) is 13.2 Å². The quantitative estimate of drug-likeness (QED) is 0.516. The van der Waals surface area contributed by atoms with E-state index in [0.717, 1.165) is 6.42 Å². The molecule has 0 aliphatic carbocycles. The number of carbonyl (C=O) groups excluding carboxylic acids is 1. The molecule has 0 aromatic carbocycles. The molecule has 0 radical (unpaired) electrons. The van der Waals surface area contributed by atoms with Gasteiger partial charge in [0.1, 0.15) is 0 Å². The molecule has 0 bridgehead atoms. The number of hydrogen-bond donors (Lipinski definition) is 1. The van der Waals surface area contributed by atoms with Crippen molar-refractivity contribution in [3.8, 4) is 0 Å². The monoisotopic (exact) mass is 232 g/mol. The number of carbonyl (C=O) groups is 1. The van der Waals surface area contributed by atoms with Crippen LogP contribution >= 0.6 is 0 Å². The van der Waals surface area contributed by atoms with Crippen molar-refractivity contribution in [2.24, 2.45) is 0 Å². The first kappa shape index (κ1) is 17.8. The number of hydrogen-bond acceptors (Lipinski definition) is 3. The van der Waals surface area contributed by atoms with E-state index < -0.39 is 0 Å². The Kier molecular flexibility index (Phi) is 18.8. The van der Waals surface area contributed by atoms with Crippen LogP contribution in [0.4, 0.5) is 0 Å². The van der Waals surface area contributed by atoms with Crippen molar-refractivity contribution < 1.29 is 14.6 Å². The van der Waals surface area contributed by atoms with E-state index in [4.69, 9.17) is 5.11 Å². The molecule has 0 aromatic heterocycles. The Labute approximate surface area is 100 Å². The van der Waals surface area contributed by atoms with Gasteiger partial charge in [0.15, 0.2) is 0 Å². The van der Waals surface area contributed by atoms with Crippen molar-refractivity contribution in [2.45, 2.75) is 65.7 Å². The van der Waals surface area contributed by atoms with E-state index in [-0.39, 0.29) is 5.97 Å². The predicted molar refractivity (Wildman–Crippen MR) is 67.4 cm³/mol. The van der Waals surface area contributed by atoms with Gasteiger partial charge in [0.05, 0.1) is 6.61 Å². The van der Waals surface area contributed by atoms with E-state index in [9.17, 15) is 4.79 Å². The second-order valence-corrected chi connectivity index (χ2v) is 3.77. The number of aliphatic hydroxyl groups excluding tert-OH is 1. The Morgan fingerprint density at radius 3 is 1.81 bits per heavy atom. The molecule has 3 nitrogen and oxygen atoms in total. The zero-order valence-electron chi connectivity index (χ0n) is 11.1. The van der Waals surface area contributed by atoms with Gasteiger partial charge in [-0.2, -0.15) is 0 Å². The van der Waals surface area contributed by atoms with Crippen LogP contribution in [0, 0.1) is 0 Å². The van der Waals surface area contributed by atoms with Crippen LogP contribution in [-0.4, -0.2) is 24.3 Å². The molecular formula is C13H28O3. The van der Waals surface area contributed by atoms with Crippen LogP contribution in [0.25, 0.3) is 0 Å². The molecule has 0 saturated heterocycles. The van der Waals surface area contributed by atoms with Crippen molar-refractivity contribution in [1.82, 2.24) is 0 Å². The molecule has 0 heterocycles. The highest BCUT2D eigenvalue weighted by atomic mass is 16.5. The second kappa shape index (κ2) is 16.8. The van der Waals surface area contributed by atoms with Crippen LogP contribution in [0.15, 0.2) is 0 Å². The normalized spacial score (nSPS) is 9.25. The third kappa shape index (κ3) is 23.3. The first-order valence-corrected chi connectivity index (χ1v) is 6.43. The van der Waals surface area contributed by atoms with Crippen LogP contribution < -0.4 is 0 Å². The largest absolute Gasteiger partial charge is 0.466 e. The molecule has 0 saturated carbocycles. The van der Waals surface area contributed by atoms with Gasteiger partial charge >= 0.3 is 5.97 Å². The van der Waals surface area contributed by atoms with E-state index >= 15 is 0 Å². The van der Waals surface area contributed by atoms with Gasteiger partial charge in [-0.15, -0.1) is 0 Å². The highest BCUT2D eigenvalue weighted by molar-refractivity contribution is 5.65. The topological polar surface area (TPSA) is 46.5 Å². The highest BCUT2D eigenvalue weighted by Crippen LogP contribution is 2.05. The molecule has 0 atom stereocenters. The fourth-order valence-corrected chi connectivity index (χ4v) is 1.27. The zero-order chi connectivity index (χ0) is 12.6. The van der Waals surface area contributed by atoms with Crippen LogP contribution in [0.2, 0.25) is 0 Å². The summed E-state index contributed by atoms with van der Waals surface area (Å²) in [6.07, 6.45) is 8.93. The lowest BCUT2D eigenvalue weighted by molar-refractivity contribution is -0.140. The fraction of sp³-hybridized carbons (Fsp3) is 0.923. The van der Waals surface area contributed by atoms with Gasteiger partial charge in [-0.1, -0.05) is 45.4 Å². The molecule has 98 valence electrons. The standard InChI is InChI=1S/C9H20O.C4H8O2/c1-2-3-4-5-6-7-8-9-10;1-3-6-4(2)5/h10H,2-9H2,1H3;3H2,1-2H3. The molecule has 0 aliphatic rings. The molecule has 0 fully saturated rings. The lowest BCUT2D eigenvalue weighted by Gasteiger charge is -1.97. The lowest BCUT2D eigenvalue weighted by atomic mass is 10.1. The van der Waals surface area contributed by atoms with Crippen LogP contribution in [0.5, 0.6) is 0 Å². The second-order valence-electron chi connectivity index (χ2n) is 3.77. The maximum absolute atomic E-state index is 9.82. The Morgan fingerprint density at radius 1 is 1.00 bits per heavy atom. The minimum absolute atomic E-state index is 0.211. The van der Waals surface area contributed by atoms with Gasteiger partial charge in [-0.25, -0.2) is 0 Å². The average molecular weight is 232 g/mol. The van der Waals surface area contributed by atoms with Gasteiger partial charge in [-0.05, 0) is 13.3 Å². The SMILES string of the molecule is CCCCCCCCCO.CCOC(C)=O. The summed E-state index contributed by atoms with van der Waals surface area (Å²) in [5, 5.41) is 8.47. The van der Waals surface area contributed by atoms with Gasteiger partial charge in [-0.3, -0.25) is 4.79 Å². The van der Waals surface area contributed by atoms with Crippen LogP contribution in [-0.2, 0) is 9.53 Å². The number of esters is 1.